The first kappa shape index (κ1) is 26.0. The molecule has 0 bridgehead atoms. The van der Waals surface area contributed by atoms with Crippen molar-refractivity contribution >= 4 is 40.9 Å². The van der Waals surface area contributed by atoms with Crippen molar-refractivity contribution in [1.29, 1.82) is 0 Å². The Bertz CT molecular complexity index is 760. The number of rotatable bonds is 6. The molecule has 0 saturated carbocycles. The zero-order valence-electron chi connectivity index (χ0n) is 18.6. The Morgan fingerprint density at radius 2 is 1.70 bits per heavy atom. The van der Waals surface area contributed by atoms with Gasteiger partial charge in [-0.2, -0.15) is 0 Å². The first-order chi connectivity index (χ1) is 14.0. The van der Waals surface area contributed by atoms with E-state index in [0.717, 1.165) is 24.8 Å². The molecule has 1 aromatic carbocycles. The highest BCUT2D eigenvalue weighted by molar-refractivity contribution is 14.1. The van der Waals surface area contributed by atoms with E-state index in [1.54, 1.807) is 24.8 Å². The number of carbonyl (C=O) groups is 1. The molecule has 1 unspecified atom stereocenters. The minimum Gasteiger partial charge on any atom is -0.332 e. The fourth-order valence-corrected chi connectivity index (χ4v) is 6.08. The maximum absolute atomic E-state index is 13.6. The van der Waals surface area contributed by atoms with Crippen LogP contribution in [0.15, 0.2) is 24.3 Å². The van der Waals surface area contributed by atoms with Gasteiger partial charge in [-0.25, -0.2) is 4.39 Å². The highest BCUT2D eigenvalue weighted by atomic mass is 127. The molecule has 0 aromatic heterocycles. The first-order valence-corrected chi connectivity index (χ1v) is 18.9. The second-order valence-corrected chi connectivity index (χ2v) is 24.6. The summed E-state index contributed by atoms with van der Waals surface area (Å²) in [5.41, 5.74) is -0.616. The summed E-state index contributed by atoms with van der Waals surface area (Å²) in [6.45, 7) is 10.9. The van der Waals surface area contributed by atoms with Crippen LogP contribution in [0.2, 0.25) is 19.6 Å². The maximum atomic E-state index is 13.6. The minimum atomic E-state index is -3.49. The van der Waals surface area contributed by atoms with Crippen LogP contribution in [-0.4, -0.2) is 41.3 Å². The van der Waals surface area contributed by atoms with Crippen LogP contribution >= 0.6 is 29.4 Å². The molecule has 2 heterocycles. The fourth-order valence-electron chi connectivity index (χ4n) is 4.06. The summed E-state index contributed by atoms with van der Waals surface area (Å²) in [7, 11) is -3.49. The molecule has 170 valence electrons. The van der Waals surface area contributed by atoms with Crippen molar-refractivity contribution in [2.45, 2.75) is 76.9 Å². The molecule has 30 heavy (non-hydrogen) atoms. The Morgan fingerprint density at radius 1 is 1.13 bits per heavy atom. The number of carbonyl (C=O) groups excluding carboxylic acids is 1. The zero-order chi connectivity index (χ0) is 22.5. The lowest BCUT2D eigenvalue weighted by molar-refractivity contribution is -0.137. The largest absolute Gasteiger partial charge is 0.343 e. The Labute approximate surface area is 193 Å². The van der Waals surface area contributed by atoms with E-state index in [1.165, 1.54) is 12.1 Å². The molecule has 1 aromatic rings. The van der Waals surface area contributed by atoms with Gasteiger partial charge in [0.05, 0.1) is 19.3 Å². The molecule has 2 saturated heterocycles. The topological polar surface area (TPSA) is 55.8 Å². The van der Waals surface area contributed by atoms with Gasteiger partial charge in [0.15, 0.2) is 0 Å². The molecular weight excluding hydrogens is 535 g/mol. The SMILES string of the molecule is CCOP(=O)(OCC)C1CC[C@H]2CC[C@@H](c3cccc(F)c3)N2C1=O.C[Si](C)(C)I. The number of hydrogen-bond acceptors (Lipinski definition) is 4. The molecule has 3 rings (SSSR count). The highest BCUT2D eigenvalue weighted by Crippen LogP contribution is 2.58. The van der Waals surface area contributed by atoms with Gasteiger partial charge in [0.1, 0.15) is 17.0 Å². The smallest absolute Gasteiger partial charge is 0.332 e. The predicted molar refractivity (Wildman–Crippen MR) is 130 cm³/mol. The summed E-state index contributed by atoms with van der Waals surface area (Å²) in [5, 5.41) is 0. The summed E-state index contributed by atoms with van der Waals surface area (Å²) in [6, 6.07) is 6.33. The lowest BCUT2D eigenvalue weighted by Gasteiger charge is -2.40. The van der Waals surface area contributed by atoms with E-state index in [4.69, 9.17) is 9.05 Å². The molecule has 9 heteroatoms. The third-order valence-electron chi connectivity index (χ3n) is 5.05. The molecule has 3 atom stereocenters. The van der Waals surface area contributed by atoms with Crippen molar-refractivity contribution in [2.24, 2.45) is 0 Å². The van der Waals surface area contributed by atoms with Crippen LogP contribution in [-0.2, 0) is 18.4 Å². The van der Waals surface area contributed by atoms with E-state index in [-0.39, 0.29) is 37.0 Å². The Hall–Kier alpha value is -0.283. The van der Waals surface area contributed by atoms with Crippen molar-refractivity contribution in [3.05, 3.63) is 35.6 Å². The number of amides is 1. The lowest BCUT2D eigenvalue weighted by atomic mass is 10.0. The van der Waals surface area contributed by atoms with Gasteiger partial charge in [-0.3, -0.25) is 9.36 Å². The van der Waals surface area contributed by atoms with E-state index in [0.29, 0.717) is 6.42 Å². The number of fused-ring (bicyclic) bond motifs is 1. The number of benzene rings is 1. The van der Waals surface area contributed by atoms with Gasteiger partial charge < -0.3 is 13.9 Å². The Morgan fingerprint density at radius 3 is 2.23 bits per heavy atom. The van der Waals surface area contributed by atoms with E-state index in [9.17, 15) is 13.8 Å². The van der Waals surface area contributed by atoms with Crippen molar-refractivity contribution in [2.75, 3.05) is 13.2 Å². The molecule has 0 radical (unpaired) electrons. The highest BCUT2D eigenvalue weighted by Gasteiger charge is 2.51. The van der Waals surface area contributed by atoms with Crippen LogP contribution < -0.4 is 0 Å². The maximum Gasteiger partial charge on any atom is 0.343 e. The summed E-state index contributed by atoms with van der Waals surface area (Å²) < 4.78 is 37.6. The minimum absolute atomic E-state index is 0.119. The van der Waals surface area contributed by atoms with E-state index in [1.807, 2.05) is 6.07 Å². The molecular formula is C21H34FINO4PSi. The van der Waals surface area contributed by atoms with Crippen molar-refractivity contribution in [3.8, 4) is 0 Å². The molecule has 2 aliphatic heterocycles. The van der Waals surface area contributed by atoms with Gasteiger partial charge in [-0.05, 0) is 57.2 Å². The summed E-state index contributed by atoms with van der Waals surface area (Å²) in [5.74, 6) is -0.496. The van der Waals surface area contributed by atoms with Crippen LogP contribution in [0.4, 0.5) is 4.39 Å². The van der Waals surface area contributed by atoms with Crippen LogP contribution in [0.1, 0.15) is 51.1 Å². The van der Waals surface area contributed by atoms with Gasteiger partial charge in [0.25, 0.3) is 0 Å². The number of halogens is 2. The van der Waals surface area contributed by atoms with E-state index < -0.39 is 18.8 Å². The fraction of sp³-hybridized carbons (Fsp3) is 0.667. The van der Waals surface area contributed by atoms with Gasteiger partial charge in [0.2, 0.25) is 5.91 Å². The Kier molecular flexibility index (Phi) is 9.55. The molecule has 0 N–H and O–H groups in total. The average molecular weight is 569 g/mol. The standard InChI is InChI=1S/C18H25FNO4P.C3H9ISi/c1-3-23-25(22,24-4-2)17-11-9-15-8-10-16(20(15)18(17)21)13-6-5-7-14(19)12-13;1-5(2,3)4/h5-7,12,15-17H,3-4,8-11H2,1-2H3;1-3H3/t15-,16+,17?;/m1./s1. The molecule has 0 aliphatic carbocycles. The summed E-state index contributed by atoms with van der Waals surface area (Å²) in [4.78, 5) is 15.0. The summed E-state index contributed by atoms with van der Waals surface area (Å²) >= 11 is 2.52. The van der Waals surface area contributed by atoms with Crippen molar-refractivity contribution in [1.82, 2.24) is 4.90 Å². The quantitative estimate of drug-likeness (QED) is 0.169. The average Bonchev–Trinajstić information content (AvgIpc) is 3.06. The molecule has 5 nitrogen and oxygen atoms in total. The monoisotopic (exact) mass is 569 g/mol. The van der Waals surface area contributed by atoms with Crippen LogP contribution in [0.25, 0.3) is 0 Å². The van der Waals surface area contributed by atoms with E-state index in [2.05, 4.69) is 41.4 Å². The number of piperidine rings is 1. The molecule has 1 amide bonds. The van der Waals surface area contributed by atoms with Gasteiger partial charge >= 0.3 is 7.60 Å². The predicted octanol–water partition coefficient (Wildman–Crippen LogP) is 6.54. The van der Waals surface area contributed by atoms with Gasteiger partial charge in [0, 0.05) is 6.04 Å². The van der Waals surface area contributed by atoms with Gasteiger partial charge in [-0.15, -0.1) is 21.8 Å². The third kappa shape index (κ3) is 6.86. The van der Waals surface area contributed by atoms with E-state index >= 15 is 0 Å². The first-order valence-electron chi connectivity index (χ1n) is 10.7. The van der Waals surface area contributed by atoms with Crippen LogP contribution in [0.3, 0.4) is 0 Å². The molecule has 2 aliphatic rings. The third-order valence-corrected chi connectivity index (χ3v) is 7.53. The number of hydrogen-bond donors (Lipinski definition) is 0. The second-order valence-electron chi connectivity index (χ2n) is 8.58. The second kappa shape index (κ2) is 11.0. The lowest BCUT2D eigenvalue weighted by Crippen LogP contribution is -2.48. The van der Waals surface area contributed by atoms with Crippen LogP contribution in [0, 0.1) is 5.82 Å². The van der Waals surface area contributed by atoms with Gasteiger partial charge in [-0.1, -0.05) is 31.8 Å². The normalized spacial score (nSPS) is 24.3. The Balaban J connectivity index is 0.000000575. The van der Waals surface area contributed by atoms with Crippen molar-refractivity contribution in [3.63, 3.8) is 0 Å². The van der Waals surface area contributed by atoms with Crippen LogP contribution in [0.5, 0.6) is 0 Å². The van der Waals surface area contributed by atoms with Crippen molar-refractivity contribution < 1.29 is 22.8 Å². The molecule has 0 spiro atoms. The summed E-state index contributed by atoms with van der Waals surface area (Å²) in [6.07, 6.45) is 2.95. The molecule has 2 fully saturated rings. The number of nitrogens with zero attached hydrogens (tertiary/aromatic N) is 1. The zero-order valence-corrected chi connectivity index (χ0v) is 22.6.